The van der Waals surface area contributed by atoms with Gasteiger partial charge >= 0.3 is 0 Å². The molecule has 1 aliphatic rings. The van der Waals surface area contributed by atoms with Crippen LogP contribution in [0, 0.1) is 0 Å². The van der Waals surface area contributed by atoms with E-state index in [0.29, 0.717) is 18.0 Å². The van der Waals surface area contributed by atoms with Gasteiger partial charge in [-0.3, -0.25) is 9.30 Å². The summed E-state index contributed by atoms with van der Waals surface area (Å²) in [6.07, 6.45) is 2.20. The van der Waals surface area contributed by atoms with E-state index < -0.39 is 0 Å². The van der Waals surface area contributed by atoms with E-state index >= 15 is 0 Å². The van der Waals surface area contributed by atoms with Gasteiger partial charge in [-0.05, 0) is 19.9 Å². The van der Waals surface area contributed by atoms with E-state index in [9.17, 15) is 0 Å². The van der Waals surface area contributed by atoms with Crippen molar-refractivity contribution in [3.05, 3.63) is 24.3 Å². The summed E-state index contributed by atoms with van der Waals surface area (Å²) in [6.45, 7) is 6.66. The molecule has 0 N–H and O–H groups in total. The maximum absolute atomic E-state index is 5.81. The number of rotatable bonds is 4. The molecule has 1 aromatic carbocycles. The van der Waals surface area contributed by atoms with Gasteiger partial charge in [0.05, 0.1) is 38.5 Å². The van der Waals surface area contributed by atoms with Gasteiger partial charge < -0.3 is 14.2 Å². The smallest absolute Gasteiger partial charge is 0.171 e. The van der Waals surface area contributed by atoms with E-state index in [-0.39, 0.29) is 12.2 Å². The molecule has 1 aliphatic heterocycles. The van der Waals surface area contributed by atoms with Crippen LogP contribution in [-0.2, 0) is 11.3 Å². The highest BCUT2D eigenvalue weighted by molar-refractivity contribution is 5.93. The monoisotopic (exact) mass is 357 g/mol. The molecule has 26 heavy (non-hydrogen) atoms. The molecule has 0 radical (unpaired) electrons. The van der Waals surface area contributed by atoms with Crippen LogP contribution >= 0.6 is 0 Å². The summed E-state index contributed by atoms with van der Waals surface area (Å²) in [4.78, 5) is 6.89. The Hall–Kier alpha value is -2.45. The van der Waals surface area contributed by atoms with E-state index in [0.717, 1.165) is 35.5 Å². The molecule has 8 heteroatoms. The first-order chi connectivity index (χ1) is 12.6. The second-order valence-electron chi connectivity index (χ2n) is 6.73. The lowest BCUT2D eigenvalue weighted by molar-refractivity contribution is -0.0711. The zero-order valence-corrected chi connectivity index (χ0v) is 15.5. The molecule has 3 aromatic rings. The SMILES string of the molecule is COc1cc2ncn3c(CN4C[C@@H](C)O[C@@H](C)C4)nnc3c2cc1OC. The zero-order valence-electron chi connectivity index (χ0n) is 15.5. The lowest BCUT2D eigenvalue weighted by atomic mass is 10.2. The maximum atomic E-state index is 5.81. The number of aromatic nitrogens is 4. The fourth-order valence-electron chi connectivity index (χ4n) is 3.62. The van der Waals surface area contributed by atoms with Crippen LogP contribution in [0.1, 0.15) is 19.7 Å². The summed E-state index contributed by atoms with van der Waals surface area (Å²) >= 11 is 0. The molecule has 1 saturated heterocycles. The number of benzene rings is 1. The maximum Gasteiger partial charge on any atom is 0.171 e. The standard InChI is InChI=1S/C18H23N5O3/c1-11-7-22(8-12(2)26-11)9-17-20-21-18-13-5-15(24-3)16(25-4)6-14(13)19-10-23(17)18/h5-6,10-12H,7-9H2,1-4H3/t11-,12+. The highest BCUT2D eigenvalue weighted by Crippen LogP contribution is 2.32. The van der Waals surface area contributed by atoms with Gasteiger partial charge in [0.1, 0.15) is 6.33 Å². The Balaban J connectivity index is 1.73. The lowest BCUT2D eigenvalue weighted by Gasteiger charge is -2.34. The number of ether oxygens (including phenoxy) is 3. The van der Waals surface area contributed by atoms with Gasteiger partial charge in [0.25, 0.3) is 0 Å². The number of hydrogen-bond donors (Lipinski definition) is 0. The molecule has 1 fully saturated rings. The number of hydrogen-bond acceptors (Lipinski definition) is 7. The first-order valence-electron chi connectivity index (χ1n) is 8.71. The van der Waals surface area contributed by atoms with Crippen LogP contribution in [0.25, 0.3) is 16.6 Å². The van der Waals surface area contributed by atoms with Crippen LogP contribution in [0.3, 0.4) is 0 Å². The van der Waals surface area contributed by atoms with Crippen molar-refractivity contribution < 1.29 is 14.2 Å². The van der Waals surface area contributed by atoms with Gasteiger partial charge in [-0.25, -0.2) is 4.98 Å². The van der Waals surface area contributed by atoms with Crippen LogP contribution in [0.5, 0.6) is 11.5 Å². The van der Waals surface area contributed by atoms with E-state index in [1.54, 1.807) is 20.5 Å². The fraction of sp³-hybridized carbons (Fsp3) is 0.500. The van der Waals surface area contributed by atoms with Crippen LogP contribution in [0.2, 0.25) is 0 Å². The molecule has 0 unspecified atom stereocenters. The van der Waals surface area contributed by atoms with Crippen molar-refractivity contribution in [2.75, 3.05) is 27.3 Å². The molecule has 8 nitrogen and oxygen atoms in total. The summed E-state index contributed by atoms with van der Waals surface area (Å²) in [5, 5.41) is 9.69. The summed E-state index contributed by atoms with van der Waals surface area (Å²) in [6, 6.07) is 3.75. The summed E-state index contributed by atoms with van der Waals surface area (Å²) < 4.78 is 18.5. The Morgan fingerprint density at radius 1 is 1.08 bits per heavy atom. The topological polar surface area (TPSA) is 74.0 Å². The largest absolute Gasteiger partial charge is 0.493 e. The minimum absolute atomic E-state index is 0.216. The van der Waals surface area contributed by atoms with Gasteiger partial charge in [0.2, 0.25) is 0 Å². The minimum atomic E-state index is 0.216. The molecule has 0 saturated carbocycles. The highest BCUT2D eigenvalue weighted by atomic mass is 16.5. The normalized spacial score (nSPS) is 21.4. The molecule has 0 amide bonds. The van der Waals surface area contributed by atoms with E-state index in [1.165, 1.54) is 0 Å². The average molecular weight is 357 g/mol. The van der Waals surface area contributed by atoms with Gasteiger partial charge in [0, 0.05) is 24.5 Å². The molecular formula is C18H23N5O3. The molecule has 0 aliphatic carbocycles. The second-order valence-corrected chi connectivity index (χ2v) is 6.73. The van der Waals surface area contributed by atoms with Crippen molar-refractivity contribution in [1.82, 2.24) is 24.5 Å². The van der Waals surface area contributed by atoms with Crippen molar-refractivity contribution >= 4 is 16.6 Å². The van der Waals surface area contributed by atoms with Crippen molar-refractivity contribution in [1.29, 1.82) is 0 Å². The van der Waals surface area contributed by atoms with E-state index in [1.807, 2.05) is 16.5 Å². The number of fused-ring (bicyclic) bond motifs is 3. The third-order valence-corrected chi connectivity index (χ3v) is 4.68. The van der Waals surface area contributed by atoms with Crippen molar-refractivity contribution in [2.45, 2.75) is 32.6 Å². The van der Waals surface area contributed by atoms with Crippen molar-refractivity contribution in [3.63, 3.8) is 0 Å². The third-order valence-electron chi connectivity index (χ3n) is 4.68. The van der Waals surface area contributed by atoms with Crippen LogP contribution in [0.4, 0.5) is 0 Å². The molecule has 4 rings (SSSR count). The Kier molecular flexibility index (Phi) is 4.37. The average Bonchev–Trinajstić information content (AvgIpc) is 3.02. The first kappa shape index (κ1) is 17.0. The molecule has 138 valence electrons. The Bertz CT molecular complexity index is 931. The third kappa shape index (κ3) is 2.95. The quantitative estimate of drug-likeness (QED) is 0.706. The zero-order chi connectivity index (χ0) is 18.3. The van der Waals surface area contributed by atoms with Gasteiger partial charge in [-0.2, -0.15) is 0 Å². The van der Waals surface area contributed by atoms with Crippen LogP contribution in [-0.4, -0.2) is 64.0 Å². The lowest BCUT2D eigenvalue weighted by Crippen LogP contribution is -2.45. The first-order valence-corrected chi connectivity index (χ1v) is 8.71. The van der Waals surface area contributed by atoms with Crippen molar-refractivity contribution in [2.24, 2.45) is 0 Å². The summed E-state index contributed by atoms with van der Waals surface area (Å²) in [7, 11) is 3.23. The van der Waals surface area contributed by atoms with E-state index in [4.69, 9.17) is 14.2 Å². The fourth-order valence-corrected chi connectivity index (χ4v) is 3.62. The predicted molar refractivity (Wildman–Crippen MR) is 96.7 cm³/mol. The summed E-state index contributed by atoms with van der Waals surface area (Å²) in [5.74, 6) is 2.16. The van der Waals surface area contributed by atoms with Crippen LogP contribution in [0.15, 0.2) is 18.5 Å². The predicted octanol–water partition coefficient (Wildman–Crippen LogP) is 1.90. The van der Waals surface area contributed by atoms with Gasteiger partial charge in [-0.15, -0.1) is 10.2 Å². The van der Waals surface area contributed by atoms with Crippen LogP contribution < -0.4 is 9.47 Å². The molecular weight excluding hydrogens is 334 g/mol. The Labute approximate surface area is 151 Å². The molecule has 2 atom stereocenters. The molecule has 2 aromatic heterocycles. The van der Waals surface area contributed by atoms with Crippen molar-refractivity contribution in [3.8, 4) is 11.5 Å². The Morgan fingerprint density at radius 3 is 2.46 bits per heavy atom. The van der Waals surface area contributed by atoms with Gasteiger partial charge in [0.15, 0.2) is 23.0 Å². The summed E-state index contributed by atoms with van der Waals surface area (Å²) in [5.41, 5.74) is 1.56. The number of nitrogens with zero attached hydrogens (tertiary/aromatic N) is 5. The highest BCUT2D eigenvalue weighted by Gasteiger charge is 2.24. The second kappa shape index (κ2) is 6.69. The molecule has 0 bridgehead atoms. The number of methoxy groups -OCH3 is 2. The molecule has 0 spiro atoms. The van der Waals surface area contributed by atoms with Gasteiger partial charge in [-0.1, -0.05) is 0 Å². The minimum Gasteiger partial charge on any atom is -0.493 e. The van der Waals surface area contributed by atoms with E-state index in [2.05, 4.69) is 33.9 Å². The Morgan fingerprint density at radius 2 is 1.77 bits per heavy atom. The molecule has 3 heterocycles. The number of morpholine rings is 1.